The molecule has 8 heteroatoms. The first-order chi connectivity index (χ1) is 13.1. The number of carbonyl (C=O) groups is 3. The molecule has 0 unspecified atom stereocenters. The van der Waals surface area contributed by atoms with E-state index in [-0.39, 0.29) is 21.8 Å². The molecule has 0 radical (unpaired) electrons. The van der Waals surface area contributed by atoms with E-state index in [9.17, 15) is 19.5 Å². The number of methoxy groups -OCH3 is 1. The van der Waals surface area contributed by atoms with Crippen LogP contribution in [0.25, 0.3) is 0 Å². The molecule has 1 aromatic heterocycles. The molecule has 7 nitrogen and oxygen atoms in total. The summed E-state index contributed by atoms with van der Waals surface area (Å²) in [7, 11) is 1.19. The zero-order chi connectivity index (χ0) is 19.4. The zero-order valence-corrected chi connectivity index (χ0v) is 15.6. The molecule has 0 bridgehead atoms. The number of morpholine rings is 1. The maximum atomic E-state index is 13.0. The SMILES string of the molecule is COC(=O)c1c(C(=O)c2ccccc2)sc(N2CCOCC2)c1C(=O)CO. The fraction of sp³-hybridized carbons (Fsp3) is 0.316. The van der Waals surface area contributed by atoms with Crippen LogP contribution in [0, 0.1) is 0 Å². The fourth-order valence-electron chi connectivity index (χ4n) is 2.92. The van der Waals surface area contributed by atoms with Crippen LogP contribution in [0.4, 0.5) is 5.00 Å². The van der Waals surface area contributed by atoms with Crippen LogP contribution in [0.3, 0.4) is 0 Å². The molecule has 1 aliphatic heterocycles. The Morgan fingerprint density at radius 2 is 1.81 bits per heavy atom. The van der Waals surface area contributed by atoms with Crippen molar-refractivity contribution in [2.45, 2.75) is 0 Å². The number of ketones is 2. The van der Waals surface area contributed by atoms with Crippen molar-refractivity contribution in [3.63, 3.8) is 0 Å². The van der Waals surface area contributed by atoms with Crippen LogP contribution in [0.15, 0.2) is 30.3 Å². The number of esters is 1. The van der Waals surface area contributed by atoms with Crippen molar-refractivity contribution in [2.24, 2.45) is 0 Å². The van der Waals surface area contributed by atoms with Crippen molar-refractivity contribution in [1.29, 1.82) is 0 Å². The summed E-state index contributed by atoms with van der Waals surface area (Å²) in [5.74, 6) is -1.77. The number of ether oxygens (including phenoxy) is 2. The van der Waals surface area contributed by atoms with Gasteiger partial charge in [-0.2, -0.15) is 0 Å². The molecule has 1 aromatic carbocycles. The Kier molecular flexibility index (Phi) is 6.00. The van der Waals surface area contributed by atoms with Crippen molar-refractivity contribution in [3.8, 4) is 0 Å². The molecule has 3 rings (SSSR count). The zero-order valence-electron chi connectivity index (χ0n) is 14.8. The van der Waals surface area contributed by atoms with Crippen LogP contribution in [0.5, 0.6) is 0 Å². The van der Waals surface area contributed by atoms with Crippen molar-refractivity contribution in [1.82, 2.24) is 0 Å². The van der Waals surface area contributed by atoms with Crippen LogP contribution >= 0.6 is 11.3 Å². The fourth-order valence-corrected chi connectivity index (χ4v) is 4.24. The minimum Gasteiger partial charge on any atom is -0.465 e. The number of benzene rings is 1. The molecule has 27 heavy (non-hydrogen) atoms. The van der Waals surface area contributed by atoms with Gasteiger partial charge in [0.2, 0.25) is 5.78 Å². The monoisotopic (exact) mass is 389 g/mol. The van der Waals surface area contributed by atoms with Gasteiger partial charge in [0.25, 0.3) is 0 Å². The highest BCUT2D eigenvalue weighted by molar-refractivity contribution is 7.19. The van der Waals surface area contributed by atoms with Gasteiger partial charge in [-0.1, -0.05) is 30.3 Å². The quantitative estimate of drug-likeness (QED) is 0.595. The van der Waals surface area contributed by atoms with E-state index in [1.54, 1.807) is 30.3 Å². The first-order valence-electron chi connectivity index (χ1n) is 8.40. The van der Waals surface area contributed by atoms with Crippen molar-refractivity contribution in [2.75, 3.05) is 44.9 Å². The summed E-state index contributed by atoms with van der Waals surface area (Å²) in [6.45, 7) is 1.22. The third-order valence-electron chi connectivity index (χ3n) is 4.24. The molecule has 1 saturated heterocycles. The van der Waals surface area contributed by atoms with E-state index in [2.05, 4.69) is 0 Å². The van der Waals surface area contributed by atoms with E-state index >= 15 is 0 Å². The third-order valence-corrected chi connectivity index (χ3v) is 5.49. The number of Topliss-reactive ketones (excluding diaryl/α,β-unsaturated/α-hetero) is 1. The first kappa shape index (κ1) is 19.2. The lowest BCUT2D eigenvalue weighted by molar-refractivity contribution is 0.0594. The van der Waals surface area contributed by atoms with Crippen molar-refractivity contribution in [3.05, 3.63) is 51.9 Å². The van der Waals surface area contributed by atoms with E-state index in [1.165, 1.54) is 7.11 Å². The van der Waals surface area contributed by atoms with Gasteiger partial charge < -0.3 is 19.5 Å². The Balaban J connectivity index is 2.19. The molecule has 2 aromatic rings. The largest absolute Gasteiger partial charge is 0.465 e. The summed E-state index contributed by atoms with van der Waals surface area (Å²) < 4.78 is 10.2. The summed E-state index contributed by atoms with van der Waals surface area (Å²) in [6.07, 6.45) is 0. The lowest BCUT2D eigenvalue weighted by Crippen LogP contribution is -2.36. The molecule has 0 spiro atoms. The van der Waals surface area contributed by atoms with E-state index < -0.39 is 18.4 Å². The van der Waals surface area contributed by atoms with Gasteiger partial charge in [0.05, 0.1) is 36.3 Å². The van der Waals surface area contributed by atoms with E-state index in [4.69, 9.17) is 9.47 Å². The predicted octanol–water partition coefficient (Wildman–Crippen LogP) is 1.78. The minimum absolute atomic E-state index is 0.0375. The predicted molar refractivity (Wildman–Crippen MR) is 100.0 cm³/mol. The third kappa shape index (κ3) is 3.78. The number of thiophene rings is 1. The summed E-state index contributed by atoms with van der Waals surface area (Å²) in [5, 5.41) is 9.91. The number of anilines is 1. The van der Waals surface area contributed by atoms with Crippen LogP contribution in [-0.2, 0) is 9.47 Å². The Labute approximate surface area is 160 Å². The van der Waals surface area contributed by atoms with Crippen LogP contribution < -0.4 is 4.90 Å². The van der Waals surface area contributed by atoms with Gasteiger partial charge in [0, 0.05) is 18.7 Å². The summed E-state index contributed by atoms with van der Waals surface area (Å²) in [6, 6.07) is 8.52. The van der Waals surface area contributed by atoms with Gasteiger partial charge in [0.1, 0.15) is 11.6 Å². The maximum Gasteiger partial charge on any atom is 0.340 e. The number of rotatable bonds is 6. The average Bonchev–Trinajstić information content (AvgIpc) is 3.14. The molecule has 1 aliphatic rings. The first-order valence-corrected chi connectivity index (χ1v) is 9.21. The Morgan fingerprint density at radius 3 is 2.41 bits per heavy atom. The number of aliphatic hydroxyl groups excluding tert-OH is 1. The topological polar surface area (TPSA) is 93.1 Å². The number of nitrogens with zero attached hydrogens (tertiary/aromatic N) is 1. The van der Waals surface area contributed by atoms with Gasteiger partial charge in [-0.3, -0.25) is 9.59 Å². The molecule has 0 saturated carbocycles. The molecule has 2 heterocycles. The van der Waals surface area contributed by atoms with Crippen molar-refractivity contribution >= 4 is 33.9 Å². The number of hydrogen-bond acceptors (Lipinski definition) is 8. The van der Waals surface area contributed by atoms with Gasteiger partial charge >= 0.3 is 5.97 Å². The Morgan fingerprint density at radius 1 is 1.15 bits per heavy atom. The summed E-state index contributed by atoms with van der Waals surface area (Å²) >= 11 is 1.07. The highest BCUT2D eigenvalue weighted by Gasteiger charge is 2.34. The normalized spacial score (nSPS) is 14.1. The molecule has 142 valence electrons. The van der Waals surface area contributed by atoms with Gasteiger partial charge in [-0.05, 0) is 0 Å². The Hall–Kier alpha value is -2.55. The van der Waals surface area contributed by atoms with E-state index in [0.29, 0.717) is 36.9 Å². The van der Waals surface area contributed by atoms with E-state index in [1.807, 2.05) is 4.90 Å². The highest BCUT2D eigenvalue weighted by atomic mass is 32.1. The summed E-state index contributed by atoms with van der Waals surface area (Å²) in [4.78, 5) is 40.0. The second-order valence-electron chi connectivity index (χ2n) is 5.85. The molecular formula is C19H19NO6S. The number of carbonyl (C=O) groups excluding carboxylic acids is 3. The van der Waals surface area contributed by atoms with Gasteiger partial charge in [-0.15, -0.1) is 11.3 Å². The van der Waals surface area contributed by atoms with Crippen LogP contribution in [0.2, 0.25) is 0 Å². The van der Waals surface area contributed by atoms with Crippen molar-refractivity contribution < 1.29 is 29.0 Å². The minimum atomic E-state index is -0.776. The average molecular weight is 389 g/mol. The molecule has 1 N–H and O–H groups in total. The lowest BCUT2D eigenvalue weighted by Gasteiger charge is -2.28. The molecule has 0 amide bonds. The lowest BCUT2D eigenvalue weighted by atomic mass is 10.0. The van der Waals surface area contributed by atoms with E-state index in [0.717, 1.165) is 11.3 Å². The van der Waals surface area contributed by atoms with Gasteiger partial charge in [-0.25, -0.2) is 4.79 Å². The smallest absolute Gasteiger partial charge is 0.340 e. The second-order valence-corrected chi connectivity index (χ2v) is 6.85. The van der Waals surface area contributed by atoms with Crippen LogP contribution in [0.1, 0.15) is 36.0 Å². The number of hydrogen-bond donors (Lipinski definition) is 1. The van der Waals surface area contributed by atoms with Crippen LogP contribution in [-0.4, -0.2) is 62.7 Å². The highest BCUT2D eigenvalue weighted by Crippen LogP contribution is 2.38. The second kappa shape index (κ2) is 8.43. The maximum absolute atomic E-state index is 13.0. The Bertz CT molecular complexity index is 855. The standard InChI is InChI=1S/C19H19NO6S/c1-25-19(24)15-14(13(22)11-21)18(20-7-9-26-10-8-20)27-17(15)16(23)12-5-3-2-4-6-12/h2-6,21H,7-11H2,1H3. The summed E-state index contributed by atoms with van der Waals surface area (Å²) in [5.41, 5.74) is 0.354. The molecular weight excluding hydrogens is 370 g/mol. The molecule has 0 aliphatic carbocycles. The number of aliphatic hydroxyl groups is 1. The molecule has 0 atom stereocenters. The molecule has 1 fully saturated rings. The van der Waals surface area contributed by atoms with Gasteiger partial charge in [0.15, 0.2) is 5.78 Å².